The number of hydrogen-bond acceptors (Lipinski definition) is 20. The number of anilines is 8. The lowest BCUT2D eigenvalue weighted by molar-refractivity contribution is 0.280. The fourth-order valence-corrected chi connectivity index (χ4v) is 8.95. The third-order valence-corrected chi connectivity index (χ3v) is 13.6. The molecule has 380 valence electrons. The van der Waals surface area contributed by atoms with Crippen LogP contribution in [0.25, 0.3) is 12.2 Å². The molecule has 0 aliphatic carbocycles. The van der Waals surface area contributed by atoms with E-state index in [0.29, 0.717) is 11.4 Å². The monoisotopic (exact) mass is 1080 g/mol. The molecule has 0 atom stereocenters. The van der Waals surface area contributed by atoms with Gasteiger partial charge in [0.25, 0.3) is 40.5 Å². The van der Waals surface area contributed by atoms with Gasteiger partial charge in [-0.25, -0.2) is 0 Å². The number of benzene rings is 6. The quantitative estimate of drug-likeness (QED) is 0.0273. The Labute approximate surface area is 422 Å². The summed E-state index contributed by atoms with van der Waals surface area (Å²) in [5, 5.41) is 11.4. The van der Waals surface area contributed by atoms with Crippen LogP contribution in [-0.2, 0) is 53.7 Å². The van der Waals surface area contributed by atoms with Crippen LogP contribution in [0, 0.1) is 0 Å². The third kappa shape index (κ3) is 14.1. The van der Waals surface area contributed by atoms with Crippen LogP contribution in [0.15, 0.2) is 165 Å². The van der Waals surface area contributed by atoms with Gasteiger partial charge in [-0.2, -0.15) is 63.6 Å². The summed E-state index contributed by atoms with van der Waals surface area (Å²) >= 11 is 0. The Morgan fingerprint density at radius 3 is 1.00 bits per heavy atom. The minimum atomic E-state index is -4.99. The first-order valence-electron chi connectivity index (χ1n) is 21.1. The van der Waals surface area contributed by atoms with Crippen LogP contribution in [0.4, 0.5) is 46.5 Å². The molecule has 0 fully saturated rings. The number of aromatic nitrogens is 6. The van der Waals surface area contributed by atoms with Gasteiger partial charge < -0.3 is 30.7 Å². The maximum absolute atomic E-state index is 12.8. The molecule has 0 unspecified atom stereocenters. The molecule has 24 nitrogen and oxygen atoms in total. The van der Waals surface area contributed by atoms with Crippen molar-refractivity contribution in [2.24, 2.45) is 0 Å². The minimum Gasteiger partial charge on any atom is -0.458 e. The standard InChI is InChI=1S/C46H38N10O14S4/c57-71(58,59)37-21-17-33(18-22-37)47-41-51-43(55-45(53-41)69-27-29-7-3-1-4-8-29)49-35-15-13-31(39(25-35)73(63,64)65)11-12-32-14-16-36(26-40(32)74(66,67)68)50-44-52-42(48-34-19-23-38(24-20-34)72(60,61)62)54-46(56-44)70-28-30-9-5-2-6-10-30/h1-26H,27-28H2,(H,57,58,59)(H,60,61,62)(H,63,64,65)(H,66,67,68)(H2,47,49,51,53,55)(H2,48,50,52,54,56)/b12-11+. The molecule has 74 heavy (non-hydrogen) atoms. The Hall–Kier alpha value is -8.48. The topological polar surface area (TPSA) is 361 Å². The number of ether oxygens (including phenoxy) is 2. The molecule has 0 saturated heterocycles. The van der Waals surface area contributed by atoms with E-state index in [1.807, 2.05) is 12.1 Å². The summed E-state index contributed by atoms with van der Waals surface area (Å²) in [5.41, 5.74) is 1.96. The van der Waals surface area contributed by atoms with Gasteiger partial charge in [-0.05, 0) is 95.1 Å². The van der Waals surface area contributed by atoms with E-state index >= 15 is 0 Å². The van der Waals surface area contributed by atoms with Crippen molar-refractivity contribution in [3.05, 3.63) is 168 Å². The van der Waals surface area contributed by atoms with Crippen LogP contribution in [0.3, 0.4) is 0 Å². The van der Waals surface area contributed by atoms with Crippen LogP contribution in [0.2, 0.25) is 0 Å². The summed E-state index contributed by atoms with van der Waals surface area (Å²) in [4.78, 5) is 23.7. The lowest BCUT2D eigenvalue weighted by atomic mass is 10.1. The molecular formula is C46H38N10O14S4. The average molecular weight is 1080 g/mol. The fraction of sp³-hybridized carbons (Fsp3) is 0.0435. The molecule has 0 aliphatic heterocycles. The Morgan fingerprint density at radius 1 is 0.378 bits per heavy atom. The van der Waals surface area contributed by atoms with Crippen molar-refractivity contribution in [2.45, 2.75) is 32.8 Å². The minimum absolute atomic E-state index is 0.0337. The highest BCUT2D eigenvalue weighted by Crippen LogP contribution is 2.30. The van der Waals surface area contributed by atoms with Crippen molar-refractivity contribution in [2.75, 3.05) is 21.3 Å². The predicted molar refractivity (Wildman–Crippen MR) is 268 cm³/mol. The van der Waals surface area contributed by atoms with Gasteiger partial charge in [-0.1, -0.05) is 84.9 Å². The first kappa shape index (κ1) is 51.9. The summed E-state index contributed by atoms with van der Waals surface area (Å²) in [5.74, 6) is -0.561. The molecule has 8 aromatic rings. The Morgan fingerprint density at radius 2 is 0.689 bits per heavy atom. The lowest BCUT2D eigenvalue weighted by Gasteiger charge is -2.13. The van der Waals surface area contributed by atoms with Crippen LogP contribution >= 0.6 is 0 Å². The van der Waals surface area contributed by atoms with E-state index in [2.05, 4.69) is 51.2 Å². The van der Waals surface area contributed by atoms with Crippen molar-refractivity contribution >= 4 is 99.2 Å². The van der Waals surface area contributed by atoms with Crippen molar-refractivity contribution in [1.82, 2.24) is 29.9 Å². The molecule has 28 heteroatoms. The van der Waals surface area contributed by atoms with E-state index in [1.54, 1.807) is 48.5 Å². The maximum Gasteiger partial charge on any atom is 0.323 e. The number of nitrogens with one attached hydrogen (secondary N) is 4. The molecule has 0 saturated carbocycles. The van der Waals surface area contributed by atoms with Crippen LogP contribution in [0.1, 0.15) is 22.3 Å². The number of hydrogen-bond donors (Lipinski definition) is 8. The Kier molecular flexibility index (Phi) is 15.2. The van der Waals surface area contributed by atoms with Crippen molar-refractivity contribution in [3.63, 3.8) is 0 Å². The number of nitrogens with zero attached hydrogens (tertiary/aromatic N) is 6. The molecule has 2 aromatic heterocycles. The van der Waals surface area contributed by atoms with Gasteiger partial charge >= 0.3 is 12.0 Å². The van der Waals surface area contributed by atoms with Crippen LogP contribution in [0.5, 0.6) is 12.0 Å². The SMILES string of the molecule is O=S(=O)(O)c1ccc(Nc2nc(Nc3ccc(/C=C/c4ccc(Nc5nc(Nc6ccc(S(=O)(=O)O)cc6)nc(OCc6ccccc6)n5)cc4S(=O)(=O)O)c(S(=O)(=O)O)c3)nc(OCc3ccccc3)n2)cc1. The summed E-state index contributed by atoms with van der Waals surface area (Å²) in [6.07, 6.45) is 2.36. The zero-order chi connectivity index (χ0) is 52.7. The fourth-order valence-electron chi connectivity index (χ4n) is 6.57. The van der Waals surface area contributed by atoms with Gasteiger partial charge in [-0.3, -0.25) is 18.2 Å². The molecule has 2 heterocycles. The average Bonchev–Trinajstić information content (AvgIpc) is 3.35. The molecular weight excluding hydrogens is 1040 g/mol. The summed E-state index contributed by atoms with van der Waals surface area (Å²) in [7, 11) is -18.9. The van der Waals surface area contributed by atoms with E-state index in [0.717, 1.165) is 47.5 Å². The van der Waals surface area contributed by atoms with E-state index < -0.39 is 50.3 Å². The Balaban J connectivity index is 1.05. The summed E-state index contributed by atoms with van der Waals surface area (Å²) in [6.45, 7) is 0.0674. The molecule has 0 amide bonds. The van der Waals surface area contributed by atoms with Gasteiger partial charge in [0.1, 0.15) is 23.0 Å². The zero-order valence-corrected chi connectivity index (χ0v) is 40.9. The van der Waals surface area contributed by atoms with Gasteiger partial charge in [0.05, 0.1) is 9.79 Å². The van der Waals surface area contributed by atoms with E-state index in [1.165, 1.54) is 60.7 Å². The summed E-state index contributed by atoms with van der Waals surface area (Å²) < 4.78 is 149. The van der Waals surface area contributed by atoms with Gasteiger partial charge in [0, 0.05) is 22.7 Å². The first-order chi connectivity index (χ1) is 35.1. The third-order valence-electron chi connectivity index (χ3n) is 10.0. The van der Waals surface area contributed by atoms with E-state index in [9.17, 15) is 51.9 Å². The molecule has 6 aromatic carbocycles. The lowest BCUT2D eigenvalue weighted by Crippen LogP contribution is -2.08. The highest BCUT2D eigenvalue weighted by Gasteiger charge is 2.20. The second-order valence-corrected chi connectivity index (χ2v) is 21.0. The predicted octanol–water partition coefficient (Wildman–Crippen LogP) is 7.35. The normalized spacial score (nSPS) is 12.0. The number of rotatable bonds is 20. The van der Waals surface area contributed by atoms with Gasteiger partial charge in [-0.15, -0.1) is 0 Å². The molecule has 0 aliphatic rings. The van der Waals surface area contributed by atoms with Crippen molar-refractivity contribution in [3.8, 4) is 12.0 Å². The van der Waals surface area contributed by atoms with Crippen LogP contribution in [-0.4, -0.2) is 81.8 Å². The van der Waals surface area contributed by atoms with Crippen molar-refractivity contribution in [1.29, 1.82) is 0 Å². The van der Waals surface area contributed by atoms with Crippen LogP contribution < -0.4 is 30.7 Å². The zero-order valence-electron chi connectivity index (χ0n) is 37.6. The molecule has 0 bridgehead atoms. The maximum atomic E-state index is 12.8. The van der Waals surface area contributed by atoms with Gasteiger partial charge in [0.15, 0.2) is 0 Å². The summed E-state index contributed by atoms with van der Waals surface area (Å²) in [6, 6.07) is 35.1. The van der Waals surface area contributed by atoms with Crippen molar-refractivity contribution < 1.29 is 61.4 Å². The van der Waals surface area contributed by atoms with E-state index in [-0.39, 0.29) is 81.3 Å². The smallest absolute Gasteiger partial charge is 0.323 e. The molecule has 0 radical (unpaired) electrons. The highest BCUT2D eigenvalue weighted by atomic mass is 32.2. The molecule has 8 N–H and O–H groups in total. The second-order valence-electron chi connectivity index (χ2n) is 15.4. The van der Waals surface area contributed by atoms with Gasteiger partial charge in [0.2, 0.25) is 23.8 Å². The largest absolute Gasteiger partial charge is 0.458 e. The second kappa shape index (κ2) is 21.7. The Bertz CT molecular complexity index is 3590. The molecule has 0 spiro atoms. The van der Waals surface area contributed by atoms with E-state index in [4.69, 9.17) is 9.47 Å². The first-order valence-corrected chi connectivity index (χ1v) is 26.9. The highest BCUT2D eigenvalue weighted by molar-refractivity contribution is 7.86. The molecule has 8 rings (SSSR count).